The van der Waals surface area contributed by atoms with E-state index >= 15 is 0 Å². The van der Waals surface area contributed by atoms with Crippen LogP contribution in [0.2, 0.25) is 0 Å². The predicted molar refractivity (Wildman–Crippen MR) is 59.1 cm³/mol. The molecule has 0 aliphatic rings. The number of hydrogen-bond acceptors (Lipinski definition) is 3. The monoisotopic (exact) mass is 224 g/mol. The van der Waals surface area contributed by atoms with Gasteiger partial charge in [0, 0.05) is 0 Å². The van der Waals surface area contributed by atoms with Crippen molar-refractivity contribution < 1.29 is 20.1 Å². The summed E-state index contributed by atoms with van der Waals surface area (Å²) < 4.78 is 0. The van der Waals surface area contributed by atoms with E-state index in [1.54, 1.807) is 6.92 Å². The van der Waals surface area contributed by atoms with Crippen LogP contribution in [0.5, 0.6) is 0 Å². The van der Waals surface area contributed by atoms with Crippen molar-refractivity contribution in [2.24, 2.45) is 5.92 Å². The quantitative estimate of drug-likeness (QED) is 0.692. The largest absolute Gasteiger partial charge is 0.481 e. The van der Waals surface area contributed by atoms with Crippen molar-refractivity contribution in [1.82, 2.24) is 0 Å². The minimum atomic E-state index is -1.24. The molecule has 0 aliphatic carbocycles. The average Bonchev–Trinajstić information content (AvgIpc) is 2.29. The summed E-state index contributed by atoms with van der Waals surface area (Å²) in [5, 5.41) is 27.4. The second-order valence-corrected chi connectivity index (χ2v) is 3.81. The second kappa shape index (κ2) is 5.63. The SMILES string of the molecule is C[C@H](c1ccccc1)[C@@H](C(=O)O)[C@@H](O)CO. The first-order chi connectivity index (χ1) is 7.57. The maximum Gasteiger partial charge on any atom is 0.309 e. The lowest BCUT2D eigenvalue weighted by Crippen LogP contribution is -2.34. The van der Waals surface area contributed by atoms with Crippen LogP contribution >= 0.6 is 0 Å². The highest BCUT2D eigenvalue weighted by Gasteiger charge is 2.32. The molecule has 0 radical (unpaired) electrons. The number of carbonyl (C=O) groups is 1. The van der Waals surface area contributed by atoms with Crippen LogP contribution in [0.15, 0.2) is 30.3 Å². The fourth-order valence-electron chi connectivity index (χ4n) is 1.79. The number of hydrogen-bond donors (Lipinski definition) is 3. The molecule has 4 heteroatoms. The second-order valence-electron chi connectivity index (χ2n) is 3.81. The number of carboxylic acid groups (broad SMARTS) is 1. The first-order valence-electron chi connectivity index (χ1n) is 5.14. The summed E-state index contributed by atoms with van der Waals surface area (Å²) in [6.07, 6.45) is -1.24. The van der Waals surface area contributed by atoms with Gasteiger partial charge in [-0.15, -0.1) is 0 Å². The predicted octanol–water partition coefficient (Wildman–Crippen LogP) is 0.844. The van der Waals surface area contributed by atoms with Gasteiger partial charge in [0.15, 0.2) is 0 Å². The van der Waals surface area contributed by atoms with Crippen LogP contribution in [0.25, 0.3) is 0 Å². The Morgan fingerprint density at radius 2 is 1.88 bits per heavy atom. The molecule has 1 rings (SSSR count). The van der Waals surface area contributed by atoms with Crippen molar-refractivity contribution in [3.8, 4) is 0 Å². The number of benzene rings is 1. The summed E-state index contributed by atoms with van der Waals surface area (Å²) >= 11 is 0. The summed E-state index contributed by atoms with van der Waals surface area (Å²) in [6, 6.07) is 9.09. The molecule has 3 atom stereocenters. The van der Waals surface area contributed by atoms with Crippen LogP contribution in [0.3, 0.4) is 0 Å². The molecule has 1 aromatic rings. The van der Waals surface area contributed by atoms with Crippen molar-refractivity contribution in [1.29, 1.82) is 0 Å². The van der Waals surface area contributed by atoms with E-state index in [4.69, 9.17) is 10.2 Å². The Bertz CT molecular complexity index is 336. The van der Waals surface area contributed by atoms with Crippen LogP contribution in [0, 0.1) is 5.92 Å². The minimum absolute atomic E-state index is 0.346. The molecule has 0 bridgehead atoms. The molecule has 88 valence electrons. The Hall–Kier alpha value is -1.39. The van der Waals surface area contributed by atoms with E-state index in [0.717, 1.165) is 5.56 Å². The molecule has 16 heavy (non-hydrogen) atoms. The highest BCUT2D eigenvalue weighted by atomic mass is 16.4. The van der Waals surface area contributed by atoms with Gasteiger partial charge in [0.1, 0.15) is 0 Å². The summed E-state index contributed by atoms with van der Waals surface area (Å²) in [7, 11) is 0. The normalized spacial score (nSPS) is 16.4. The van der Waals surface area contributed by atoms with Gasteiger partial charge >= 0.3 is 5.97 Å². The molecule has 4 nitrogen and oxygen atoms in total. The molecule has 0 aliphatic heterocycles. The van der Waals surface area contributed by atoms with E-state index in [0.29, 0.717) is 0 Å². The van der Waals surface area contributed by atoms with Gasteiger partial charge in [-0.2, -0.15) is 0 Å². The van der Waals surface area contributed by atoms with E-state index < -0.39 is 24.6 Å². The van der Waals surface area contributed by atoms with Gasteiger partial charge in [0.25, 0.3) is 0 Å². The Balaban J connectivity index is 2.92. The molecule has 0 amide bonds. The fourth-order valence-corrected chi connectivity index (χ4v) is 1.79. The standard InChI is InChI=1S/C12H16O4/c1-8(9-5-3-2-4-6-9)11(12(15)16)10(14)7-13/h2-6,8,10-11,13-14H,7H2,1H3,(H,15,16)/t8-,10+,11-/m1/s1. The molecule has 0 saturated heterocycles. The molecule has 0 fully saturated rings. The van der Waals surface area contributed by atoms with E-state index in [2.05, 4.69) is 0 Å². The number of aliphatic carboxylic acids is 1. The lowest BCUT2D eigenvalue weighted by Gasteiger charge is -2.24. The first kappa shape index (κ1) is 12.7. The zero-order chi connectivity index (χ0) is 12.1. The zero-order valence-corrected chi connectivity index (χ0v) is 9.08. The van der Waals surface area contributed by atoms with Gasteiger partial charge < -0.3 is 15.3 Å². The van der Waals surface area contributed by atoms with Gasteiger partial charge in [0.2, 0.25) is 0 Å². The van der Waals surface area contributed by atoms with Gasteiger partial charge in [-0.05, 0) is 11.5 Å². The van der Waals surface area contributed by atoms with Crippen LogP contribution < -0.4 is 0 Å². The van der Waals surface area contributed by atoms with Gasteiger partial charge in [-0.3, -0.25) is 4.79 Å². The van der Waals surface area contributed by atoms with Crippen molar-refractivity contribution in [2.45, 2.75) is 18.9 Å². The molecule has 0 heterocycles. The van der Waals surface area contributed by atoms with Crippen LogP contribution in [0.4, 0.5) is 0 Å². The third kappa shape index (κ3) is 2.81. The summed E-state index contributed by atoms with van der Waals surface area (Å²) in [5.74, 6) is -2.44. The molecule has 3 N–H and O–H groups in total. The number of aliphatic hydroxyl groups excluding tert-OH is 2. The minimum Gasteiger partial charge on any atom is -0.481 e. The van der Waals surface area contributed by atoms with Gasteiger partial charge in [-0.25, -0.2) is 0 Å². The Kier molecular flexibility index (Phi) is 4.46. The smallest absolute Gasteiger partial charge is 0.309 e. The molecule has 0 spiro atoms. The maximum absolute atomic E-state index is 11.0. The van der Waals surface area contributed by atoms with Gasteiger partial charge in [-0.1, -0.05) is 37.3 Å². The molecule has 0 unspecified atom stereocenters. The number of rotatable bonds is 5. The lowest BCUT2D eigenvalue weighted by atomic mass is 9.84. The topological polar surface area (TPSA) is 77.8 Å². The molecular formula is C12H16O4. The first-order valence-corrected chi connectivity index (χ1v) is 5.14. The highest BCUT2D eigenvalue weighted by Crippen LogP contribution is 2.26. The van der Waals surface area contributed by atoms with E-state index in [1.807, 2.05) is 30.3 Å². The molecule has 0 aromatic heterocycles. The molecule has 1 aromatic carbocycles. The lowest BCUT2D eigenvalue weighted by molar-refractivity contribution is -0.147. The number of aliphatic hydroxyl groups is 2. The summed E-state index contributed by atoms with van der Waals surface area (Å²) in [6.45, 7) is 1.18. The highest BCUT2D eigenvalue weighted by molar-refractivity contribution is 5.72. The number of carboxylic acids is 1. The van der Waals surface area contributed by atoms with E-state index in [-0.39, 0.29) is 5.92 Å². The van der Waals surface area contributed by atoms with Crippen molar-refractivity contribution in [3.05, 3.63) is 35.9 Å². The molecular weight excluding hydrogens is 208 g/mol. The van der Waals surface area contributed by atoms with Crippen molar-refractivity contribution >= 4 is 5.97 Å². The maximum atomic E-state index is 11.0. The summed E-state index contributed by atoms with van der Waals surface area (Å²) in [4.78, 5) is 11.0. The van der Waals surface area contributed by atoms with E-state index in [9.17, 15) is 9.90 Å². The van der Waals surface area contributed by atoms with Crippen LogP contribution in [-0.4, -0.2) is 34.0 Å². The van der Waals surface area contributed by atoms with Crippen molar-refractivity contribution in [3.63, 3.8) is 0 Å². The molecule has 0 saturated carbocycles. The Labute approximate surface area is 94.2 Å². The average molecular weight is 224 g/mol. The summed E-state index contributed by atoms with van der Waals surface area (Å²) in [5.41, 5.74) is 0.836. The Morgan fingerprint density at radius 3 is 2.31 bits per heavy atom. The zero-order valence-electron chi connectivity index (χ0n) is 9.08. The van der Waals surface area contributed by atoms with Gasteiger partial charge in [0.05, 0.1) is 18.6 Å². The third-order valence-electron chi connectivity index (χ3n) is 2.75. The van der Waals surface area contributed by atoms with Crippen LogP contribution in [0.1, 0.15) is 18.4 Å². The van der Waals surface area contributed by atoms with E-state index in [1.165, 1.54) is 0 Å². The Morgan fingerprint density at radius 1 is 1.31 bits per heavy atom. The fraction of sp³-hybridized carbons (Fsp3) is 0.417. The third-order valence-corrected chi connectivity index (χ3v) is 2.75. The van der Waals surface area contributed by atoms with Crippen LogP contribution in [-0.2, 0) is 4.79 Å². The van der Waals surface area contributed by atoms with Crippen molar-refractivity contribution in [2.75, 3.05) is 6.61 Å².